The maximum atomic E-state index is 11.4. The third-order valence-corrected chi connectivity index (χ3v) is 3.82. The van der Waals surface area contributed by atoms with E-state index in [2.05, 4.69) is 20.2 Å². The van der Waals surface area contributed by atoms with Gasteiger partial charge in [-0.3, -0.25) is 0 Å². The first-order chi connectivity index (χ1) is 10.5. The first-order valence-electron chi connectivity index (χ1n) is 6.22. The van der Waals surface area contributed by atoms with Crippen LogP contribution in [0.25, 0.3) is 22.5 Å². The summed E-state index contributed by atoms with van der Waals surface area (Å²) in [7, 11) is -3.99. The Balaban J connectivity index is 2.05. The second-order valence-corrected chi connectivity index (χ2v) is 6.02. The van der Waals surface area contributed by atoms with E-state index in [-0.39, 0.29) is 0 Å². The monoisotopic (exact) mass is 315 g/mol. The van der Waals surface area contributed by atoms with Crippen molar-refractivity contribution in [2.45, 2.75) is 5.16 Å². The Morgan fingerprint density at radius 2 is 1.95 bits per heavy atom. The lowest BCUT2D eigenvalue weighted by atomic mass is 10.3. The maximum Gasteiger partial charge on any atom is 0.283 e. The summed E-state index contributed by atoms with van der Waals surface area (Å²) in [6.07, 6.45) is 3.19. The standard InChI is InChI=1S/C12H9N7O2S/c13-22(20,21)11-16-10-5-6-14-12(19(10)17-11)18-9-4-2-1-3-8(9)7-15-18/h1-7H,(H2,13,20,21). The van der Waals surface area contributed by atoms with Gasteiger partial charge in [-0.15, -0.1) is 5.10 Å². The van der Waals surface area contributed by atoms with Crippen molar-refractivity contribution in [1.29, 1.82) is 0 Å². The van der Waals surface area contributed by atoms with E-state index in [1.165, 1.54) is 16.8 Å². The fourth-order valence-corrected chi connectivity index (χ4v) is 2.60. The average molecular weight is 315 g/mol. The molecule has 0 saturated carbocycles. The van der Waals surface area contributed by atoms with Gasteiger partial charge < -0.3 is 0 Å². The Labute approximate surface area is 124 Å². The van der Waals surface area contributed by atoms with Gasteiger partial charge in [0.2, 0.25) is 0 Å². The van der Waals surface area contributed by atoms with Crippen molar-refractivity contribution < 1.29 is 8.42 Å². The van der Waals surface area contributed by atoms with E-state index in [1.807, 2.05) is 24.3 Å². The third-order valence-electron chi connectivity index (χ3n) is 3.14. The lowest BCUT2D eigenvalue weighted by Gasteiger charge is -2.03. The van der Waals surface area contributed by atoms with Gasteiger partial charge in [-0.05, 0) is 6.07 Å². The van der Waals surface area contributed by atoms with Crippen LogP contribution in [0.4, 0.5) is 0 Å². The molecule has 9 nitrogen and oxygen atoms in total. The Hall–Kier alpha value is -2.85. The largest absolute Gasteiger partial charge is 0.283 e. The molecule has 0 aliphatic rings. The summed E-state index contributed by atoms with van der Waals surface area (Å²) in [5.74, 6) is 0.320. The number of benzene rings is 1. The van der Waals surface area contributed by atoms with E-state index >= 15 is 0 Å². The molecule has 0 amide bonds. The predicted octanol–water partition coefficient (Wildman–Crippen LogP) is 0.111. The van der Waals surface area contributed by atoms with Crippen LogP contribution in [-0.4, -0.2) is 37.8 Å². The summed E-state index contributed by atoms with van der Waals surface area (Å²) in [6, 6.07) is 9.10. The minimum absolute atomic E-state index is 0.314. The zero-order valence-electron chi connectivity index (χ0n) is 11.0. The number of rotatable bonds is 2. The SMILES string of the molecule is NS(=O)(=O)c1nc2ccnc(-n3ncc4ccccc43)n2n1. The number of nitrogens with two attached hydrogens (primary N) is 1. The second kappa shape index (κ2) is 4.32. The van der Waals surface area contributed by atoms with Gasteiger partial charge in [0, 0.05) is 17.6 Å². The molecular weight excluding hydrogens is 306 g/mol. The molecule has 110 valence electrons. The van der Waals surface area contributed by atoms with Crippen molar-refractivity contribution in [3.8, 4) is 5.95 Å². The van der Waals surface area contributed by atoms with Crippen LogP contribution < -0.4 is 5.14 Å². The number of primary sulfonamides is 1. The van der Waals surface area contributed by atoms with Crippen molar-refractivity contribution in [2.24, 2.45) is 5.14 Å². The highest BCUT2D eigenvalue weighted by molar-refractivity contribution is 7.89. The molecule has 0 aliphatic heterocycles. The molecule has 4 rings (SSSR count). The van der Waals surface area contributed by atoms with Gasteiger partial charge in [-0.2, -0.15) is 19.3 Å². The molecule has 0 saturated heterocycles. The van der Waals surface area contributed by atoms with E-state index < -0.39 is 15.2 Å². The van der Waals surface area contributed by atoms with Gasteiger partial charge in [0.25, 0.3) is 21.1 Å². The van der Waals surface area contributed by atoms with Crippen LogP contribution in [0.2, 0.25) is 0 Å². The Morgan fingerprint density at radius 1 is 1.14 bits per heavy atom. The zero-order valence-corrected chi connectivity index (χ0v) is 11.8. The van der Waals surface area contributed by atoms with Crippen molar-refractivity contribution >= 4 is 26.6 Å². The third kappa shape index (κ3) is 1.85. The van der Waals surface area contributed by atoms with Gasteiger partial charge in [-0.1, -0.05) is 18.2 Å². The number of fused-ring (bicyclic) bond motifs is 2. The molecule has 3 heterocycles. The van der Waals surface area contributed by atoms with E-state index in [0.717, 1.165) is 10.9 Å². The van der Waals surface area contributed by atoms with E-state index in [9.17, 15) is 8.42 Å². The smallest absolute Gasteiger partial charge is 0.222 e. The molecule has 0 bridgehead atoms. The summed E-state index contributed by atoms with van der Waals surface area (Å²) in [4.78, 5) is 8.11. The summed E-state index contributed by atoms with van der Waals surface area (Å²) >= 11 is 0. The molecule has 4 aromatic rings. The van der Waals surface area contributed by atoms with Crippen LogP contribution in [-0.2, 0) is 10.0 Å². The van der Waals surface area contributed by atoms with E-state index in [0.29, 0.717) is 11.6 Å². The Morgan fingerprint density at radius 3 is 2.77 bits per heavy atom. The highest BCUT2D eigenvalue weighted by Crippen LogP contribution is 2.17. The molecule has 0 fully saturated rings. The lowest BCUT2D eigenvalue weighted by Crippen LogP contribution is -2.14. The van der Waals surface area contributed by atoms with Crippen LogP contribution in [0.3, 0.4) is 0 Å². The zero-order chi connectivity index (χ0) is 15.3. The molecule has 3 aromatic heterocycles. The molecule has 22 heavy (non-hydrogen) atoms. The Kier molecular flexibility index (Phi) is 2.53. The number of sulfonamides is 1. The topological polar surface area (TPSA) is 121 Å². The van der Waals surface area contributed by atoms with Crippen LogP contribution in [0, 0.1) is 0 Å². The van der Waals surface area contributed by atoms with Crippen molar-refractivity contribution in [1.82, 2.24) is 29.4 Å². The van der Waals surface area contributed by atoms with Gasteiger partial charge in [0.05, 0.1) is 11.7 Å². The molecule has 2 N–H and O–H groups in total. The van der Waals surface area contributed by atoms with E-state index in [4.69, 9.17) is 5.14 Å². The normalized spacial score (nSPS) is 12.2. The van der Waals surface area contributed by atoms with Crippen LogP contribution in [0.15, 0.2) is 47.9 Å². The molecule has 0 aliphatic carbocycles. The van der Waals surface area contributed by atoms with Crippen molar-refractivity contribution in [2.75, 3.05) is 0 Å². The molecule has 0 unspecified atom stereocenters. The first-order valence-corrected chi connectivity index (χ1v) is 7.76. The van der Waals surface area contributed by atoms with Crippen molar-refractivity contribution in [3.05, 3.63) is 42.7 Å². The molecular formula is C12H9N7O2S. The summed E-state index contributed by atoms with van der Waals surface area (Å²) in [6.45, 7) is 0. The minimum Gasteiger partial charge on any atom is -0.222 e. The minimum atomic E-state index is -3.99. The van der Waals surface area contributed by atoms with Gasteiger partial charge in [0.1, 0.15) is 0 Å². The highest BCUT2D eigenvalue weighted by Gasteiger charge is 2.18. The first kappa shape index (κ1) is 12.9. The molecule has 0 atom stereocenters. The van der Waals surface area contributed by atoms with Gasteiger partial charge in [0.15, 0.2) is 5.65 Å². The summed E-state index contributed by atoms with van der Waals surface area (Å²) in [5.41, 5.74) is 1.13. The molecule has 0 radical (unpaired) electrons. The molecule has 10 heteroatoms. The fourth-order valence-electron chi connectivity index (χ4n) is 2.18. The van der Waals surface area contributed by atoms with Crippen molar-refractivity contribution in [3.63, 3.8) is 0 Å². The number of aromatic nitrogens is 6. The number of nitrogens with zero attached hydrogens (tertiary/aromatic N) is 6. The molecule has 1 aromatic carbocycles. The number of para-hydroxylation sites is 1. The number of hydrogen-bond donors (Lipinski definition) is 1. The fraction of sp³-hybridized carbons (Fsp3) is 0. The maximum absolute atomic E-state index is 11.4. The second-order valence-electron chi connectivity index (χ2n) is 4.57. The quantitative estimate of drug-likeness (QED) is 0.560. The predicted molar refractivity (Wildman–Crippen MR) is 76.8 cm³/mol. The number of hydrogen-bond acceptors (Lipinski definition) is 6. The Bertz CT molecular complexity index is 1110. The molecule has 0 spiro atoms. The van der Waals surface area contributed by atoms with Crippen LogP contribution in [0.1, 0.15) is 0 Å². The average Bonchev–Trinajstić information content (AvgIpc) is 3.10. The summed E-state index contributed by atoms with van der Waals surface area (Å²) in [5, 5.41) is 13.7. The lowest BCUT2D eigenvalue weighted by molar-refractivity contribution is 0.588. The highest BCUT2D eigenvalue weighted by atomic mass is 32.2. The van der Waals surface area contributed by atoms with E-state index in [1.54, 1.807) is 10.9 Å². The van der Waals surface area contributed by atoms with Crippen LogP contribution in [0.5, 0.6) is 0 Å². The van der Waals surface area contributed by atoms with Crippen LogP contribution >= 0.6 is 0 Å². The summed E-state index contributed by atoms with van der Waals surface area (Å²) < 4.78 is 25.7. The van der Waals surface area contributed by atoms with Gasteiger partial charge in [-0.25, -0.2) is 18.5 Å². The van der Waals surface area contributed by atoms with Gasteiger partial charge >= 0.3 is 0 Å².